The summed E-state index contributed by atoms with van der Waals surface area (Å²) in [7, 11) is 0. The molecule has 1 atom stereocenters. The van der Waals surface area contributed by atoms with Crippen molar-refractivity contribution in [2.45, 2.75) is 32.7 Å². The van der Waals surface area contributed by atoms with Gasteiger partial charge in [0.1, 0.15) is 0 Å². The average molecular weight is 244 g/mol. The van der Waals surface area contributed by atoms with Crippen LogP contribution in [-0.2, 0) is 0 Å². The zero-order valence-electron chi connectivity index (χ0n) is 8.98. The first-order valence-electron chi connectivity index (χ1n) is 5.23. The third kappa shape index (κ3) is 2.40. The van der Waals surface area contributed by atoms with Gasteiger partial charge in [0.05, 0.1) is 10.0 Å². The SMILES string of the molecule is CC(Nc1ccc(Cl)c(Cl)c1)C1(C)CC1. The van der Waals surface area contributed by atoms with Crippen LogP contribution in [0.4, 0.5) is 5.69 Å². The van der Waals surface area contributed by atoms with Gasteiger partial charge in [-0.2, -0.15) is 0 Å². The number of benzene rings is 1. The van der Waals surface area contributed by atoms with E-state index in [1.807, 2.05) is 18.2 Å². The van der Waals surface area contributed by atoms with Gasteiger partial charge < -0.3 is 5.32 Å². The van der Waals surface area contributed by atoms with E-state index in [1.165, 1.54) is 12.8 Å². The molecular weight excluding hydrogens is 229 g/mol. The summed E-state index contributed by atoms with van der Waals surface area (Å²) in [5.74, 6) is 0. The van der Waals surface area contributed by atoms with Gasteiger partial charge in [0.15, 0.2) is 0 Å². The summed E-state index contributed by atoms with van der Waals surface area (Å²) in [6.45, 7) is 4.53. The summed E-state index contributed by atoms with van der Waals surface area (Å²) < 4.78 is 0. The monoisotopic (exact) mass is 243 g/mol. The predicted molar refractivity (Wildman–Crippen MR) is 66.9 cm³/mol. The molecule has 1 aromatic rings. The predicted octanol–water partition coefficient (Wildman–Crippen LogP) is 4.59. The Morgan fingerprint density at radius 1 is 1.27 bits per heavy atom. The van der Waals surface area contributed by atoms with E-state index in [4.69, 9.17) is 23.2 Å². The second-order valence-electron chi connectivity index (χ2n) is 4.65. The van der Waals surface area contributed by atoms with Crippen molar-refractivity contribution < 1.29 is 0 Å². The molecule has 0 radical (unpaired) electrons. The van der Waals surface area contributed by atoms with Crippen LogP contribution in [0, 0.1) is 5.41 Å². The first-order chi connectivity index (χ1) is 7.01. The van der Waals surface area contributed by atoms with Gasteiger partial charge >= 0.3 is 0 Å². The zero-order chi connectivity index (χ0) is 11.1. The molecule has 1 saturated carbocycles. The number of nitrogens with one attached hydrogen (secondary N) is 1. The molecule has 0 saturated heterocycles. The molecule has 0 heterocycles. The van der Waals surface area contributed by atoms with Crippen molar-refractivity contribution >= 4 is 28.9 Å². The number of halogens is 2. The second kappa shape index (κ2) is 3.88. The van der Waals surface area contributed by atoms with E-state index in [0.717, 1.165) is 5.69 Å². The fourth-order valence-electron chi connectivity index (χ4n) is 1.64. The first-order valence-corrected chi connectivity index (χ1v) is 5.98. The van der Waals surface area contributed by atoms with E-state index in [2.05, 4.69) is 19.2 Å². The van der Waals surface area contributed by atoms with Crippen molar-refractivity contribution in [3.8, 4) is 0 Å². The molecule has 1 aromatic carbocycles. The van der Waals surface area contributed by atoms with E-state index in [-0.39, 0.29) is 0 Å². The van der Waals surface area contributed by atoms with E-state index < -0.39 is 0 Å². The molecule has 1 N–H and O–H groups in total. The first kappa shape index (κ1) is 11.1. The highest BCUT2D eigenvalue weighted by atomic mass is 35.5. The van der Waals surface area contributed by atoms with Gasteiger partial charge in [0.25, 0.3) is 0 Å². The van der Waals surface area contributed by atoms with Gasteiger partial charge in [0.2, 0.25) is 0 Å². The molecule has 0 aliphatic heterocycles. The van der Waals surface area contributed by atoms with Gasteiger partial charge in [-0.05, 0) is 43.4 Å². The Kier molecular flexibility index (Phi) is 2.87. The van der Waals surface area contributed by atoms with Crippen LogP contribution in [0.1, 0.15) is 26.7 Å². The zero-order valence-corrected chi connectivity index (χ0v) is 10.5. The third-order valence-corrected chi connectivity index (χ3v) is 4.13. The van der Waals surface area contributed by atoms with Crippen LogP contribution in [0.3, 0.4) is 0 Å². The molecule has 0 bridgehead atoms. The Balaban J connectivity index is 2.07. The summed E-state index contributed by atoms with van der Waals surface area (Å²) in [6, 6.07) is 6.16. The highest BCUT2D eigenvalue weighted by molar-refractivity contribution is 6.42. The lowest BCUT2D eigenvalue weighted by atomic mass is 10.0. The summed E-state index contributed by atoms with van der Waals surface area (Å²) in [4.78, 5) is 0. The summed E-state index contributed by atoms with van der Waals surface area (Å²) in [5, 5.41) is 4.68. The standard InChI is InChI=1S/C12H15Cl2N/c1-8(12(2)5-6-12)15-9-3-4-10(13)11(14)7-9/h3-4,7-8,15H,5-6H2,1-2H3. The molecule has 3 heteroatoms. The highest BCUT2D eigenvalue weighted by Gasteiger charge is 2.42. The van der Waals surface area contributed by atoms with Gasteiger partial charge in [-0.25, -0.2) is 0 Å². The van der Waals surface area contributed by atoms with Crippen molar-refractivity contribution in [1.29, 1.82) is 0 Å². The van der Waals surface area contributed by atoms with Crippen LogP contribution in [0.5, 0.6) is 0 Å². The fraction of sp³-hybridized carbons (Fsp3) is 0.500. The Labute approximate surface area is 101 Å². The number of anilines is 1. The molecule has 0 amide bonds. The average Bonchev–Trinajstić information content (AvgIpc) is 2.92. The molecule has 1 unspecified atom stereocenters. The van der Waals surface area contributed by atoms with E-state index >= 15 is 0 Å². The molecule has 0 aromatic heterocycles. The lowest BCUT2D eigenvalue weighted by molar-refractivity contribution is 0.493. The normalized spacial score (nSPS) is 19.7. The quantitative estimate of drug-likeness (QED) is 0.819. The Morgan fingerprint density at radius 2 is 1.93 bits per heavy atom. The van der Waals surface area contributed by atoms with E-state index in [0.29, 0.717) is 21.5 Å². The number of hydrogen-bond acceptors (Lipinski definition) is 1. The van der Waals surface area contributed by atoms with Crippen molar-refractivity contribution in [2.24, 2.45) is 5.41 Å². The molecule has 2 rings (SSSR count). The lowest BCUT2D eigenvalue weighted by Gasteiger charge is -2.21. The van der Waals surface area contributed by atoms with Crippen LogP contribution in [-0.4, -0.2) is 6.04 Å². The highest BCUT2D eigenvalue weighted by Crippen LogP contribution is 2.48. The van der Waals surface area contributed by atoms with Gasteiger partial charge in [-0.1, -0.05) is 30.1 Å². The molecule has 1 fully saturated rings. The maximum absolute atomic E-state index is 5.96. The van der Waals surface area contributed by atoms with Crippen molar-refractivity contribution in [1.82, 2.24) is 0 Å². The maximum Gasteiger partial charge on any atom is 0.0612 e. The molecule has 1 aliphatic rings. The summed E-state index contributed by atoms with van der Waals surface area (Å²) in [6.07, 6.45) is 2.62. The van der Waals surface area contributed by atoms with Crippen LogP contribution in [0.15, 0.2) is 18.2 Å². The van der Waals surface area contributed by atoms with Crippen LogP contribution in [0.2, 0.25) is 10.0 Å². The minimum absolute atomic E-state index is 0.464. The molecular formula is C12H15Cl2N. The van der Waals surface area contributed by atoms with Crippen molar-refractivity contribution in [3.05, 3.63) is 28.2 Å². The Morgan fingerprint density at radius 3 is 2.47 bits per heavy atom. The van der Waals surface area contributed by atoms with E-state index in [9.17, 15) is 0 Å². The van der Waals surface area contributed by atoms with Crippen LogP contribution < -0.4 is 5.32 Å². The van der Waals surface area contributed by atoms with Crippen molar-refractivity contribution in [3.63, 3.8) is 0 Å². The largest absolute Gasteiger partial charge is 0.382 e. The maximum atomic E-state index is 5.96. The van der Waals surface area contributed by atoms with Gasteiger partial charge in [-0.3, -0.25) is 0 Å². The molecule has 1 nitrogen and oxygen atoms in total. The van der Waals surface area contributed by atoms with Gasteiger partial charge in [-0.15, -0.1) is 0 Å². The molecule has 82 valence electrons. The minimum Gasteiger partial charge on any atom is -0.382 e. The van der Waals surface area contributed by atoms with E-state index in [1.54, 1.807) is 0 Å². The smallest absolute Gasteiger partial charge is 0.0612 e. The Hall–Kier alpha value is -0.400. The molecule has 1 aliphatic carbocycles. The van der Waals surface area contributed by atoms with Crippen molar-refractivity contribution in [2.75, 3.05) is 5.32 Å². The Bertz CT molecular complexity index is 372. The molecule has 0 spiro atoms. The number of hydrogen-bond donors (Lipinski definition) is 1. The summed E-state index contributed by atoms with van der Waals surface area (Å²) in [5.41, 5.74) is 1.51. The fourth-order valence-corrected chi connectivity index (χ4v) is 1.94. The van der Waals surface area contributed by atoms with Crippen LogP contribution in [0.25, 0.3) is 0 Å². The van der Waals surface area contributed by atoms with Gasteiger partial charge in [0, 0.05) is 11.7 Å². The number of rotatable bonds is 3. The third-order valence-electron chi connectivity index (χ3n) is 3.39. The van der Waals surface area contributed by atoms with Crippen LogP contribution >= 0.6 is 23.2 Å². The summed E-state index contributed by atoms with van der Waals surface area (Å²) >= 11 is 11.8. The molecule has 15 heavy (non-hydrogen) atoms. The second-order valence-corrected chi connectivity index (χ2v) is 5.46. The topological polar surface area (TPSA) is 12.0 Å². The minimum atomic E-state index is 0.464. The lowest BCUT2D eigenvalue weighted by Crippen LogP contribution is -2.24.